The van der Waals surface area contributed by atoms with Gasteiger partial charge < -0.3 is 9.88 Å². The number of hydrogen-bond donors (Lipinski definition) is 1. The Labute approximate surface area is 126 Å². The zero-order chi connectivity index (χ0) is 14.4. The normalized spacial score (nSPS) is 11.3. The molecule has 0 radical (unpaired) electrons. The molecule has 0 fully saturated rings. The van der Waals surface area contributed by atoms with Gasteiger partial charge in [0.15, 0.2) is 10.8 Å². The summed E-state index contributed by atoms with van der Waals surface area (Å²) < 4.78 is 1.18. The monoisotopic (exact) mass is 294 g/mol. The molecule has 0 saturated heterocycles. The Morgan fingerprint density at radius 2 is 1.86 bits per heavy atom. The molecule has 21 heavy (non-hydrogen) atoms. The number of aromatic nitrogens is 3. The Morgan fingerprint density at radius 1 is 1.00 bits per heavy atom. The van der Waals surface area contributed by atoms with Gasteiger partial charge in [0.2, 0.25) is 0 Å². The molecule has 4 rings (SSSR count). The van der Waals surface area contributed by atoms with Gasteiger partial charge in [-0.05, 0) is 30.3 Å². The van der Waals surface area contributed by atoms with Crippen molar-refractivity contribution in [2.75, 3.05) is 19.0 Å². The largest absolute Gasteiger partial charge is 0.378 e. The van der Waals surface area contributed by atoms with Gasteiger partial charge in [-0.2, -0.15) is 0 Å². The third-order valence-corrected chi connectivity index (χ3v) is 4.52. The van der Waals surface area contributed by atoms with Crippen molar-refractivity contribution < 1.29 is 0 Å². The highest BCUT2D eigenvalue weighted by Crippen LogP contribution is 2.31. The van der Waals surface area contributed by atoms with E-state index in [2.05, 4.69) is 33.1 Å². The first-order valence-electron chi connectivity index (χ1n) is 6.74. The molecule has 0 saturated carbocycles. The van der Waals surface area contributed by atoms with E-state index < -0.39 is 0 Å². The highest BCUT2D eigenvalue weighted by Gasteiger charge is 2.11. The molecule has 0 bridgehead atoms. The first kappa shape index (κ1) is 12.3. The summed E-state index contributed by atoms with van der Waals surface area (Å²) in [5.74, 6) is 0.837. The van der Waals surface area contributed by atoms with E-state index >= 15 is 0 Å². The summed E-state index contributed by atoms with van der Waals surface area (Å²) in [6.45, 7) is 0. The predicted octanol–water partition coefficient (Wildman–Crippen LogP) is 3.91. The molecule has 1 N–H and O–H groups in total. The lowest BCUT2D eigenvalue weighted by atomic mass is 10.3. The number of imidazole rings is 1. The number of hydrogen-bond acceptors (Lipinski definition) is 4. The van der Waals surface area contributed by atoms with Crippen LogP contribution in [-0.2, 0) is 0 Å². The van der Waals surface area contributed by atoms with Crippen LogP contribution in [0.2, 0.25) is 0 Å². The Kier molecular flexibility index (Phi) is 2.68. The maximum absolute atomic E-state index is 4.72. The van der Waals surface area contributed by atoms with E-state index in [1.165, 1.54) is 4.70 Å². The van der Waals surface area contributed by atoms with E-state index in [0.717, 1.165) is 33.1 Å². The van der Waals surface area contributed by atoms with E-state index in [4.69, 9.17) is 4.98 Å². The Hall–Kier alpha value is -2.40. The third kappa shape index (κ3) is 2.06. The van der Waals surface area contributed by atoms with Crippen molar-refractivity contribution in [3.63, 3.8) is 0 Å². The maximum atomic E-state index is 4.72. The number of fused-ring (bicyclic) bond motifs is 2. The molecular formula is C16H14N4S. The molecule has 0 aliphatic carbocycles. The zero-order valence-corrected chi connectivity index (χ0v) is 12.6. The van der Waals surface area contributed by atoms with E-state index in [0.29, 0.717) is 0 Å². The minimum absolute atomic E-state index is 0.837. The van der Waals surface area contributed by atoms with Gasteiger partial charge in [0, 0.05) is 19.8 Å². The molecule has 0 aliphatic heterocycles. The Balaban J connectivity index is 1.86. The number of aromatic amines is 1. The molecule has 0 spiro atoms. The summed E-state index contributed by atoms with van der Waals surface area (Å²) >= 11 is 1.66. The van der Waals surface area contributed by atoms with Gasteiger partial charge in [-0.1, -0.05) is 12.1 Å². The van der Waals surface area contributed by atoms with Gasteiger partial charge >= 0.3 is 0 Å². The second kappa shape index (κ2) is 4.56. The van der Waals surface area contributed by atoms with Crippen LogP contribution in [0.3, 0.4) is 0 Å². The molecule has 2 heterocycles. The van der Waals surface area contributed by atoms with Crippen LogP contribution in [0, 0.1) is 0 Å². The van der Waals surface area contributed by atoms with Crippen LogP contribution in [0.5, 0.6) is 0 Å². The highest BCUT2D eigenvalue weighted by atomic mass is 32.1. The SMILES string of the molecule is CN(C)c1ccc2sc(-c3nc4ccccc4[nH]3)nc2c1. The van der Waals surface area contributed by atoms with Gasteiger partial charge in [0.1, 0.15) is 0 Å². The molecule has 104 valence electrons. The predicted molar refractivity (Wildman–Crippen MR) is 89.0 cm³/mol. The van der Waals surface area contributed by atoms with Gasteiger partial charge in [0.05, 0.1) is 21.3 Å². The lowest BCUT2D eigenvalue weighted by Crippen LogP contribution is -2.07. The first-order chi connectivity index (χ1) is 10.2. The van der Waals surface area contributed by atoms with Gasteiger partial charge in [0.25, 0.3) is 0 Å². The third-order valence-electron chi connectivity index (χ3n) is 3.48. The van der Waals surface area contributed by atoms with Crippen LogP contribution in [0.25, 0.3) is 32.1 Å². The summed E-state index contributed by atoms with van der Waals surface area (Å²) in [4.78, 5) is 14.8. The van der Waals surface area contributed by atoms with Crippen molar-refractivity contribution in [1.29, 1.82) is 0 Å². The van der Waals surface area contributed by atoms with Crippen molar-refractivity contribution >= 4 is 38.3 Å². The average Bonchev–Trinajstić information content (AvgIpc) is 3.09. The summed E-state index contributed by atoms with van der Waals surface area (Å²) in [7, 11) is 4.07. The molecule has 0 aliphatic rings. The van der Waals surface area contributed by atoms with Crippen molar-refractivity contribution in [3.8, 4) is 10.8 Å². The fourth-order valence-electron chi connectivity index (χ4n) is 2.35. The topological polar surface area (TPSA) is 44.8 Å². The molecule has 5 heteroatoms. The summed E-state index contributed by atoms with van der Waals surface area (Å²) in [6.07, 6.45) is 0. The number of nitrogens with one attached hydrogen (secondary N) is 1. The Bertz CT molecular complexity index is 903. The molecule has 4 nitrogen and oxygen atoms in total. The summed E-state index contributed by atoms with van der Waals surface area (Å²) in [5.41, 5.74) is 4.19. The standard InChI is InChI=1S/C16H14N4S/c1-20(2)10-7-8-14-13(9-10)19-16(21-14)15-17-11-5-3-4-6-12(11)18-15/h3-9H,1-2H3,(H,17,18). The highest BCUT2D eigenvalue weighted by molar-refractivity contribution is 7.21. The van der Waals surface area contributed by atoms with Gasteiger partial charge in [-0.3, -0.25) is 0 Å². The summed E-state index contributed by atoms with van der Waals surface area (Å²) in [6, 6.07) is 14.4. The molecular weight excluding hydrogens is 280 g/mol. The van der Waals surface area contributed by atoms with Crippen LogP contribution in [0.15, 0.2) is 42.5 Å². The number of para-hydroxylation sites is 2. The van der Waals surface area contributed by atoms with Crippen LogP contribution in [0.4, 0.5) is 5.69 Å². The number of H-pyrrole nitrogens is 1. The van der Waals surface area contributed by atoms with Crippen molar-refractivity contribution in [3.05, 3.63) is 42.5 Å². The van der Waals surface area contributed by atoms with Crippen molar-refractivity contribution in [1.82, 2.24) is 15.0 Å². The number of thiazole rings is 1. The van der Waals surface area contributed by atoms with E-state index in [1.807, 2.05) is 38.4 Å². The van der Waals surface area contributed by atoms with Crippen LogP contribution in [-0.4, -0.2) is 29.0 Å². The van der Waals surface area contributed by atoms with Crippen LogP contribution < -0.4 is 4.90 Å². The number of benzene rings is 2. The van der Waals surface area contributed by atoms with E-state index in [-0.39, 0.29) is 0 Å². The molecule has 0 amide bonds. The molecule has 0 atom stereocenters. The smallest absolute Gasteiger partial charge is 0.167 e. The van der Waals surface area contributed by atoms with Crippen molar-refractivity contribution in [2.24, 2.45) is 0 Å². The number of nitrogens with zero attached hydrogens (tertiary/aromatic N) is 3. The zero-order valence-electron chi connectivity index (χ0n) is 11.8. The maximum Gasteiger partial charge on any atom is 0.167 e. The molecule has 2 aromatic carbocycles. The van der Waals surface area contributed by atoms with Gasteiger partial charge in [-0.25, -0.2) is 9.97 Å². The number of anilines is 1. The second-order valence-corrected chi connectivity index (χ2v) is 6.20. The average molecular weight is 294 g/mol. The second-order valence-electron chi connectivity index (χ2n) is 5.17. The summed E-state index contributed by atoms with van der Waals surface area (Å²) in [5, 5.41) is 0.928. The molecule has 0 unspecified atom stereocenters. The fraction of sp³-hybridized carbons (Fsp3) is 0.125. The number of rotatable bonds is 2. The molecule has 2 aromatic heterocycles. The molecule has 4 aromatic rings. The minimum atomic E-state index is 0.837. The first-order valence-corrected chi connectivity index (χ1v) is 7.55. The lowest BCUT2D eigenvalue weighted by molar-refractivity contribution is 1.13. The fourth-order valence-corrected chi connectivity index (χ4v) is 3.24. The van der Waals surface area contributed by atoms with E-state index in [9.17, 15) is 0 Å². The van der Waals surface area contributed by atoms with Crippen LogP contribution >= 0.6 is 11.3 Å². The van der Waals surface area contributed by atoms with Crippen LogP contribution in [0.1, 0.15) is 0 Å². The lowest BCUT2D eigenvalue weighted by Gasteiger charge is -2.11. The van der Waals surface area contributed by atoms with Crippen molar-refractivity contribution in [2.45, 2.75) is 0 Å². The minimum Gasteiger partial charge on any atom is -0.378 e. The Morgan fingerprint density at radius 3 is 2.67 bits per heavy atom. The van der Waals surface area contributed by atoms with E-state index in [1.54, 1.807) is 11.3 Å². The van der Waals surface area contributed by atoms with Gasteiger partial charge in [-0.15, -0.1) is 11.3 Å². The quantitative estimate of drug-likeness (QED) is 0.609.